The lowest BCUT2D eigenvalue weighted by molar-refractivity contribution is -0.125. The summed E-state index contributed by atoms with van der Waals surface area (Å²) in [6.07, 6.45) is 0.994. The molecule has 0 bridgehead atoms. The van der Waals surface area contributed by atoms with Crippen LogP contribution in [0.15, 0.2) is 16.8 Å². The fraction of sp³-hybridized carbons (Fsp3) is 0.533. The van der Waals surface area contributed by atoms with Crippen molar-refractivity contribution in [2.45, 2.75) is 25.8 Å². The largest absolute Gasteiger partial charge is 0.452 e. The van der Waals surface area contributed by atoms with E-state index in [1.54, 1.807) is 28.7 Å². The van der Waals surface area contributed by atoms with E-state index in [0.29, 0.717) is 38.1 Å². The molecular formula is C15H20N2O5S. The summed E-state index contributed by atoms with van der Waals surface area (Å²) in [5.41, 5.74) is 0.450. The third-order valence-corrected chi connectivity index (χ3v) is 4.16. The van der Waals surface area contributed by atoms with E-state index in [0.717, 1.165) is 0 Å². The molecule has 1 aliphatic rings. The van der Waals surface area contributed by atoms with Gasteiger partial charge in [-0.25, -0.2) is 9.59 Å². The Kier molecular flexibility index (Phi) is 6.40. The second-order valence-corrected chi connectivity index (χ2v) is 5.90. The highest BCUT2D eigenvalue weighted by atomic mass is 32.1. The second-order valence-electron chi connectivity index (χ2n) is 5.12. The molecule has 1 fully saturated rings. The molecule has 0 unspecified atom stereocenters. The van der Waals surface area contributed by atoms with Crippen molar-refractivity contribution in [2.75, 3.05) is 26.3 Å². The lowest BCUT2D eigenvalue weighted by Gasteiger charge is -2.31. The summed E-state index contributed by atoms with van der Waals surface area (Å²) in [5, 5.41) is 6.26. The SMILES string of the molecule is CCOC(=O)N1CCC(NC(=O)COC(=O)c2ccsc2)CC1. The Morgan fingerprint density at radius 3 is 2.65 bits per heavy atom. The van der Waals surface area contributed by atoms with Crippen LogP contribution in [0.25, 0.3) is 0 Å². The summed E-state index contributed by atoms with van der Waals surface area (Å²) >= 11 is 1.39. The smallest absolute Gasteiger partial charge is 0.409 e. The van der Waals surface area contributed by atoms with Gasteiger partial charge in [-0.15, -0.1) is 0 Å². The molecule has 0 saturated carbocycles. The van der Waals surface area contributed by atoms with Crippen molar-refractivity contribution in [2.24, 2.45) is 0 Å². The van der Waals surface area contributed by atoms with E-state index < -0.39 is 5.97 Å². The summed E-state index contributed by atoms with van der Waals surface area (Å²) in [4.78, 5) is 36.6. The van der Waals surface area contributed by atoms with Gasteiger partial charge in [0.25, 0.3) is 5.91 Å². The van der Waals surface area contributed by atoms with Crippen LogP contribution in [-0.4, -0.2) is 55.2 Å². The van der Waals surface area contributed by atoms with Crippen LogP contribution in [0.3, 0.4) is 0 Å². The van der Waals surface area contributed by atoms with Crippen molar-refractivity contribution in [3.05, 3.63) is 22.4 Å². The normalized spacial score (nSPS) is 15.1. The maximum Gasteiger partial charge on any atom is 0.409 e. The van der Waals surface area contributed by atoms with E-state index in [-0.39, 0.29) is 24.6 Å². The number of hydrogen-bond donors (Lipinski definition) is 1. The maximum absolute atomic E-state index is 11.8. The van der Waals surface area contributed by atoms with E-state index in [4.69, 9.17) is 9.47 Å². The van der Waals surface area contributed by atoms with E-state index >= 15 is 0 Å². The van der Waals surface area contributed by atoms with Crippen molar-refractivity contribution < 1.29 is 23.9 Å². The average molecular weight is 340 g/mol. The van der Waals surface area contributed by atoms with Gasteiger partial charge in [-0.2, -0.15) is 11.3 Å². The Hall–Kier alpha value is -2.09. The van der Waals surface area contributed by atoms with E-state index in [2.05, 4.69) is 5.32 Å². The molecule has 1 aromatic rings. The predicted molar refractivity (Wildman–Crippen MR) is 84.4 cm³/mol. The van der Waals surface area contributed by atoms with Gasteiger partial charge in [0.15, 0.2) is 6.61 Å². The molecule has 1 aliphatic heterocycles. The Morgan fingerprint density at radius 1 is 1.30 bits per heavy atom. The number of carbonyl (C=O) groups excluding carboxylic acids is 3. The number of hydrogen-bond acceptors (Lipinski definition) is 6. The first-order valence-electron chi connectivity index (χ1n) is 7.50. The van der Waals surface area contributed by atoms with Gasteiger partial charge in [0.2, 0.25) is 0 Å². The Balaban J connectivity index is 1.67. The van der Waals surface area contributed by atoms with Crippen LogP contribution in [-0.2, 0) is 14.3 Å². The first-order valence-corrected chi connectivity index (χ1v) is 8.44. The summed E-state index contributed by atoms with van der Waals surface area (Å²) < 4.78 is 9.89. The zero-order valence-corrected chi connectivity index (χ0v) is 13.8. The molecule has 2 rings (SSSR count). The van der Waals surface area contributed by atoms with Crippen LogP contribution >= 0.6 is 11.3 Å². The Bertz CT molecular complexity index is 538. The van der Waals surface area contributed by atoms with Crippen molar-refractivity contribution in [1.29, 1.82) is 0 Å². The molecule has 0 aromatic carbocycles. The van der Waals surface area contributed by atoms with Crippen LogP contribution in [0.5, 0.6) is 0 Å². The van der Waals surface area contributed by atoms with Gasteiger partial charge < -0.3 is 19.7 Å². The number of nitrogens with one attached hydrogen (secondary N) is 1. The number of thiophene rings is 1. The molecule has 1 N–H and O–H groups in total. The van der Waals surface area contributed by atoms with Gasteiger partial charge in [-0.3, -0.25) is 4.79 Å². The number of ether oxygens (including phenoxy) is 2. The standard InChI is InChI=1S/C15H20N2O5S/c1-2-21-15(20)17-6-3-12(4-7-17)16-13(18)9-22-14(19)11-5-8-23-10-11/h5,8,10,12H,2-4,6-7,9H2,1H3,(H,16,18). The summed E-state index contributed by atoms with van der Waals surface area (Å²) in [7, 11) is 0. The molecule has 23 heavy (non-hydrogen) atoms. The molecular weight excluding hydrogens is 320 g/mol. The third kappa shape index (κ3) is 5.24. The summed E-state index contributed by atoms with van der Waals surface area (Å²) in [5.74, 6) is -0.832. The molecule has 1 aromatic heterocycles. The minimum atomic E-state index is -0.501. The lowest BCUT2D eigenvalue weighted by atomic mass is 10.1. The maximum atomic E-state index is 11.8. The zero-order valence-electron chi connectivity index (χ0n) is 12.9. The second kappa shape index (κ2) is 8.52. The van der Waals surface area contributed by atoms with Crippen LogP contribution in [0.1, 0.15) is 30.1 Å². The van der Waals surface area contributed by atoms with Gasteiger partial charge in [-0.1, -0.05) is 0 Å². The minimum Gasteiger partial charge on any atom is -0.452 e. The van der Waals surface area contributed by atoms with Crippen LogP contribution in [0.4, 0.5) is 4.79 Å². The van der Waals surface area contributed by atoms with Crippen molar-refractivity contribution in [1.82, 2.24) is 10.2 Å². The molecule has 0 atom stereocenters. The van der Waals surface area contributed by atoms with Gasteiger partial charge in [0.1, 0.15) is 0 Å². The molecule has 0 spiro atoms. The first kappa shape index (κ1) is 17.3. The van der Waals surface area contributed by atoms with Gasteiger partial charge in [0.05, 0.1) is 12.2 Å². The predicted octanol–water partition coefficient (Wildman–Crippen LogP) is 1.64. The molecule has 0 radical (unpaired) electrons. The number of carbonyl (C=O) groups is 3. The summed E-state index contributed by atoms with van der Waals surface area (Å²) in [6.45, 7) is 2.90. The number of nitrogens with zero attached hydrogens (tertiary/aromatic N) is 1. The fourth-order valence-corrected chi connectivity index (χ4v) is 2.91. The number of amides is 2. The lowest BCUT2D eigenvalue weighted by Crippen LogP contribution is -2.47. The summed E-state index contributed by atoms with van der Waals surface area (Å²) in [6, 6.07) is 1.63. The highest BCUT2D eigenvalue weighted by Crippen LogP contribution is 2.12. The molecule has 7 nitrogen and oxygen atoms in total. The van der Waals surface area contributed by atoms with Crippen molar-refractivity contribution >= 4 is 29.3 Å². The number of rotatable bonds is 5. The zero-order chi connectivity index (χ0) is 16.7. The monoisotopic (exact) mass is 340 g/mol. The molecule has 1 saturated heterocycles. The molecule has 0 aliphatic carbocycles. The highest BCUT2D eigenvalue weighted by molar-refractivity contribution is 7.08. The molecule has 8 heteroatoms. The van der Waals surface area contributed by atoms with E-state index in [1.807, 2.05) is 0 Å². The third-order valence-electron chi connectivity index (χ3n) is 3.48. The molecule has 2 heterocycles. The van der Waals surface area contributed by atoms with Gasteiger partial charge in [-0.05, 0) is 31.2 Å². The van der Waals surface area contributed by atoms with Crippen molar-refractivity contribution in [3.8, 4) is 0 Å². The highest BCUT2D eigenvalue weighted by Gasteiger charge is 2.24. The quantitative estimate of drug-likeness (QED) is 0.824. The number of piperidine rings is 1. The van der Waals surface area contributed by atoms with Gasteiger partial charge in [0, 0.05) is 24.5 Å². The van der Waals surface area contributed by atoms with Crippen LogP contribution < -0.4 is 5.32 Å². The van der Waals surface area contributed by atoms with Crippen LogP contribution in [0.2, 0.25) is 0 Å². The Morgan fingerprint density at radius 2 is 2.04 bits per heavy atom. The van der Waals surface area contributed by atoms with E-state index in [1.165, 1.54) is 11.3 Å². The number of likely N-dealkylation sites (tertiary alicyclic amines) is 1. The number of esters is 1. The first-order chi connectivity index (χ1) is 11.1. The Labute approximate surface area is 138 Å². The minimum absolute atomic E-state index is 0.0203. The fourth-order valence-electron chi connectivity index (χ4n) is 2.29. The average Bonchev–Trinajstić information content (AvgIpc) is 3.08. The topological polar surface area (TPSA) is 84.9 Å². The molecule has 2 amide bonds. The molecule has 126 valence electrons. The van der Waals surface area contributed by atoms with Crippen molar-refractivity contribution in [3.63, 3.8) is 0 Å². The van der Waals surface area contributed by atoms with E-state index in [9.17, 15) is 14.4 Å². The van der Waals surface area contributed by atoms with Gasteiger partial charge >= 0.3 is 12.1 Å². The van der Waals surface area contributed by atoms with Crippen LogP contribution in [0, 0.1) is 0 Å².